The number of nitrogens with one attached hydrogen (secondary N) is 1. The van der Waals surface area contributed by atoms with Gasteiger partial charge in [-0.05, 0) is 71.1 Å². The molecule has 0 radical (unpaired) electrons. The van der Waals surface area contributed by atoms with Gasteiger partial charge in [-0.1, -0.05) is 13.8 Å². The summed E-state index contributed by atoms with van der Waals surface area (Å²) >= 11 is 0. The van der Waals surface area contributed by atoms with Crippen molar-refractivity contribution in [2.75, 3.05) is 26.2 Å². The Morgan fingerprint density at radius 1 is 1.31 bits per heavy atom. The fraction of sp³-hybridized carbons (Fsp3) is 1.00. The summed E-state index contributed by atoms with van der Waals surface area (Å²) in [5.74, 6) is 0.960. The third kappa shape index (κ3) is 5.86. The molecule has 0 aliphatic carbocycles. The average molecular weight is 226 g/mol. The van der Waals surface area contributed by atoms with Crippen LogP contribution in [0.15, 0.2) is 0 Å². The molecular formula is C14H30N2. The Kier molecular flexibility index (Phi) is 7.06. The van der Waals surface area contributed by atoms with E-state index in [0.29, 0.717) is 6.04 Å². The van der Waals surface area contributed by atoms with E-state index in [0.717, 1.165) is 5.92 Å². The Labute approximate surface area is 102 Å². The molecule has 0 saturated carbocycles. The average Bonchev–Trinajstić information content (AvgIpc) is 2.29. The third-order valence-electron chi connectivity index (χ3n) is 3.73. The van der Waals surface area contributed by atoms with Crippen LogP contribution in [0.4, 0.5) is 0 Å². The molecule has 0 aromatic heterocycles. The van der Waals surface area contributed by atoms with Gasteiger partial charge in [-0.25, -0.2) is 0 Å². The van der Waals surface area contributed by atoms with Gasteiger partial charge >= 0.3 is 0 Å². The molecule has 1 aliphatic rings. The van der Waals surface area contributed by atoms with Crippen LogP contribution in [0.25, 0.3) is 0 Å². The van der Waals surface area contributed by atoms with Crippen LogP contribution in [-0.4, -0.2) is 37.1 Å². The molecule has 16 heavy (non-hydrogen) atoms. The van der Waals surface area contributed by atoms with Crippen molar-refractivity contribution in [3.63, 3.8) is 0 Å². The van der Waals surface area contributed by atoms with Crippen LogP contribution in [0.5, 0.6) is 0 Å². The highest BCUT2D eigenvalue weighted by molar-refractivity contribution is 4.70. The summed E-state index contributed by atoms with van der Waals surface area (Å²) < 4.78 is 0. The summed E-state index contributed by atoms with van der Waals surface area (Å²) in [7, 11) is 0. The maximum Gasteiger partial charge on any atom is 0.00391 e. The van der Waals surface area contributed by atoms with Crippen LogP contribution in [0.1, 0.15) is 52.9 Å². The van der Waals surface area contributed by atoms with E-state index < -0.39 is 0 Å². The second-order valence-electron chi connectivity index (χ2n) is 5.52. The van der Waals surface area contributed by atoms with Crippen LogP contribution < -0.4 is 5.32 Å². The molecule has 0 amide bonds. The van der Waals surface area contributed by atoms with E-state index in [4.69, 9.17) is 0 Å². The Bertz CT molecular complexity index is 162. The molecule has 1 fully saturated rings. The fourth-order valence-electron chi connectivity index (χ4n) is 2.40. The second kappa shape index (κ2) is 8.08. The molecule has 2 nitrogen and oxygen atoms in total. The summed E-state index contributed by atoms with van der Waals surface area (Å²) in [6.45, 7) is 12.1. The zero-order chi connectivity index (χ0) is 11.8. The van der Waals surface area contributed by atoms with Gasteiger partial charge in [0.05, 0.1) is 0 Å². The fourth-order valence-corrected chi connectivity index (χ4v) is 2.40. The Hall–Kier alpha value is -0.0800. The van der Waals surface area contributed by atoms with Crippen LogP contribution in [-0.2, 0) is 0 Å². The van der Waals surface area contributed by atoms with Gasteiger partial charge in [0.1, 0.15) is 0 Å². The molecule has 0 bridgehead atoms. The Morgan fingerprint density at radius 2 is 2.00 bits per heavy atom. The zero-order valence-corrected chi connectivity index (χ0v) is 11.5. The van der Waals surface area contributed by atoms with Gasteiger partial charge < -0.3 is 10.2 Å². The normalized spacial score (nSPS) is 21.2. The van der Waals surface area contributed by atoms with E-state index in [2.05, 4.69) is 31.0 Å². The maximum atomic E-state index is 3.56. The highest BCUT2D eigenvalue weighted by Gasteiger charge is 2.14. The van der Waals surface area contributed by atoms with Crippen molar-refractivity contribution in [2.45, 2.75) is 58.9 Å². The standard InChI is InChI=1S/C14H30N2/c1-4-9-15-14(3)6-5-10-16-11-7-13(2)8-12-16/h13-15H,4-12H2,1-3H3. The Morgan fingerprint density at radius 3 is 2.62 bits per heavy atom. The van der Waals surface area contributed by atoms with Gasteiger partial charge in [0.2, 0.25) is 0 Å². The van der Waals surface area contributed by atoms with Gasteiger partial charge in [-0.3, -0.25) is 0 Å². The lowest BCUT2D eigenvalue weighted by atomic mass is 9.99. The van der Waals surface area contributed by atoms with Crippen molar-refractivity contribution in [2.24, 2.45) is 5.92 Å². The predicted molar refractivity (Wildman–Crippen MR) is 71.8 cm³/mol. The minimum atomic E-state index is 0.698. The highest BCUT2D eigenvalue weighted by Crippen LogP contribution is 2.16. The molecule has 1 rings (SSSR count). The first-order valence-electron chi connectivity index (χ1n) is 7.18. The molecule has 1 saturated heterocycles. The molecule has 0 aromatic carbocycles. The van der Waals surface area contributed by atoms with E-state index in [-0.39, 0.29) is 0 Å². The number of likely N-dealkylation sites (tertiary alicyclic amines) is 1. The molecule has 1 unspecified atom stereocenters. The molecule has 1 heterocycles. The van der Waals surface area contributed by atoms with Crippen molar-refractivity contribution in [3.05, 3.63) is 0 Å². The maximum absolute atomic E-state index is 3.56. The van der Waals surface area contributed by atoms with Crippen LogP contribution >= 0.6 is 0 Å². The lowest BCUT2D eigenvalue weighted by molar-refractivity contribution is 0.188. The van der Waals surface area contributed by atoms with Crippen molar-refractivity contribution in [3.8, 4) is 0 Å². The van der Waals surface area contributed by atoms with E-state index in [1.165, 1.54) is 58.3 Å². The van der Waals surface area contributed by atoms with Crippen molar-refractivity contribution < 1.29 is 0 Å². The first kappa shape index (κ1) is 14.0. The molecule has 0 aromatic rings. The third-order valence-corrected chi connectivity index (χ3v) is 3.73. The minimum Gasteiger partial charge on any atom is -0.314 e. The van der Waals surface area contributed by atoms with Crippen molar-refractivity contribution in [1.82, 2.24) is 10.2 Å². The minimum absolute atomic E-state index is 0.698. The van der Waals surface area contributed by atoms with Gasteiger partial charge in [-0.2, -0.15) is 0 Å². The summed E-state index contributed by atoms with van der Waals surface area (Å²) in [6, 6.07) is 0.698. The first-order valence-corrected chi connectivity index (χ1v) is 7.18. The Balaban J connectivity index is 1.98. The number of hydrogen-bond donors (Lipinski definition) is 1. The van der Waals surface area contributed by atoms with E-state index >= 15 is 0 Å². The second-order valence-corrected chi connectivity index (χ2v) is 5.52. The van der Waals surface area contributed by atoms with E-state index in [1.54, 1.807) is 0 Å². The molecule has 1 aliphatic heterocycles. The van der Waals surface area contributed by atoms with Crippen LogP contribution in [0.3, 0.4) is 0 Å². The largest absolute Gasteiger partial charge is 0.314 e. The number of rotatable bonds is 7. The van der Waals surface area contributed by atoms with Crippen LogP contribution in [0, 0.1) is 5.92 Å². The SMILES string of the molecule is CCCNC(C)CCCN1CCC(C)CC1. The summed E-state index contributed by atoms with van der Waals surface area (Å²) in [5.41, 5.74) is 0. The van der Waals surface area contributed by atoms with Gasteiger partial charge in [0, 0.05) is 6.04 Å². The monoisotopic (exact) mass is 226 g/mol. The quantitative estimate of drug-likeness (QED) is 0.718. The van der Waals surface area contributed by atoms with Gasteiger partial charge in [0.15, 0.2) is 0 Å². The molecule has 1 atom stereocenters. The van der Waals surface area contributed by atoms with Crippen molar-refractivity contribution in [1.29, 1.82) is 0 Å². The summed E-state index contributed by atoms with van der Waals surface area (Å²) in [5, 5.41) is 3.56. The van der Waals surface area contributed by atoms with Gasteiger partial charge in [0.25, 0.3) is 0 Å². The number of nitrogens with zero attached hydrogens (tertiary/aromatic N) is 1. The first-order chi connectivity index (χ1) is 7.72. The lowest BCUT2D eigenvalue weighted by Crippen LogP contribution is -2.34. The highest BCUT2D eigenvalue weighted by atomic mass is 15.1. The smallest absolute Gasteiger partial charge is 0.00391 e. The molecule has 2 heteroatoms. The van der Waals surface area contributed by atoms with Gasteiger partial charge in [-0.15, -0.1) is 0 Å². The number of hydrogen-bond acceptors (Lipinski definition) is 2. The summed E-state index contributed by atoms with van der Waals surface area (Å²) in [4.78, 5) is 2.65. The molecular weight excluding hydrogens is 196 g/mol. The molecule has 1 N–H and O–H groups in total. The number of piperidine rings is 1. The van der Waals surface area contributed by atoms with Crippen molar-refractivity contribution >= 4 is 0 Å². The topological polar surface area (TPSA) is 15.3 Å². The van der Waals surface area contributed by atoms with E-state index in [9.17, 15) is 0 Å². The zero-order valence-electron chi connectivity index (χ0n) is 11.5. The molecule has 0 spiro atoms. The van der Waals surface area contributed by atoms with Crippen LogP contribution in [0.2, 0.25) is 0 Å². The van der Waals surface area contributed by atoms with E-state index in [1.807, 2.05) is 0 Å². The summed E-state index contributed by atoms with van der Waals surface area (Å²) in [6.07, 6.45) is 6.74. The molecule has 96 valence electrons. The lowest BCUT2D eigenvalue weighted by Gasteiger charge is -2.30. The predicted octanol–water partition coefficient (Wildman–Crippen LogP) is 2.89.